The highest BCUT2D eigenvalue weighted by Gasteiger charge is 2.21. The van der Waals surface area contributed by atoms with Crippen molar-refractivity contribution < 1.29 is 14.2 Å². The van der Waals surface area contributed by atoms with E-state index in [2.05, 4.69) is 32.1 Å². The summed E-state index contributed by atoms with van der Waals surface area (Å²) in [6.45, 7) is 6.91. The third-order valence-corrected chi connectivity index (χ3v) is 6.17. The molecule has 0 bridgehead atoms. The number of fused-ring (bicyclic) bond motifs is 1. The molecule has 1 N–H and O–H groups in total. The van der Waals surface area contributed by atoms with Crippen molar-refractivity contribution in [3.63, 3.8) is 0 Å². The zero-order valence-electron chi connectivity index (χ0n) is 20.7. The Morgan fingerprint density at radius 2 is 1.97 bits per heavy atom. The largest absolute Gasteiger partial charge is 0.481 e. The Labute approximate surface area is 205 Å². The van der Waals surface area contributed by atoms with Gasteiger partial charge in [-0.1, -0.05) is 6.92 Å². The number of rotatable bonds is 12. The second-order valence-corrected chi connectivity index (χ2v) is 8.56. The molecule has 0 aliphatic carbocycles. The van der Waals surface area contributed by atoms with Crippen LogP contribution in [0.5, 0.6) is 5.88 Å². The van der Waals surface area contributed by atoms with Gasteiger partial charge in [-0.25, -0.2) is 15.0 Å². The number of aromatic nitrogens is 4. The summed E-state index contributed by atoms with van der Waals surface area (Å²) in [6.07, 6.45) is 5.72. The predicted molar refractivity (Wildman–Crippen MR) is 135 cm³/mol. The Balaban J connectivity index is 1.58. The van der Waals surface area contributed by atoms with E-state index in [1.807, 2.05) is 12.1 Å². The number of pyridine rings is 2. The fourth-order valence-corrected chi connectivity index (χ4v) is 4.22. The first-order valence-corrected chi connectivity index (χ1v) is 12.1. The lowest BCUT2D eigenvalue weighted by atomic mass is 10.1. The fourth-order valence-electron chi connectivity index (χ4n) is 4.22. The molecule has 0 aromatic carbocycles. The minimum atomic E-state index is -0.180. The van der Waals surface area contributed by atoms with Crippen LogP contribution in [0.2, 0.25) is 0 Å². The standard InChI is InChI=1S/C25H34N6O4/c1-4-12-35-13-11-31-21-14-19(18-5-6-22(34-3)27-15-18)16-28-23(21)29-24(25(31)32)26-8-10-30-9-7-20(17-30)33-2/h5-6,14-16,20H,4,7-13,17H2,1-3H3,(H,26,28,29)/t20-/m0/s1. The molecule has 0 saturated carbocycles. The highest BCUT2D eigenvalue weighted by molar-refractivity contribution is 5.78. The van der Waals surface area contributed by atoms with E-state index in [1.165, 1.54) is 0 Å². The molecule has 0 radical (unpaired) electrons. The molecule has 1 saturated heterocycles. The molecule has 3 aromatic rings. The van der Waals surface area contributed by atoms with E-state index < -0.39 is 0 Å². The van der Waals surface area contributed by atoms with Crippen LogP contribution in [0.1, 0.15) is 19.8 Å². The molecule has 3 aromatic heterocycles. The van der Waals surface area contributed by atoms with E-state index in [9.17, 15) is 4.79 Å². The van der Waals surface area contributed by atoms with Crippen LogP contribution in [0.3, 0.4) is 0 Å². The van der Waals surface area contributed by atoms with Crippen molar-refractivity contribution in [2.45, 2.75) is 32.4 Å². The van der Waals surface area contributed by atoms with Crippen molar-refractivity contribution in [3.05, 3.63) is 40.9 Å². The summed E-state index contributed by atoms with van der Waals surface area (Å²) < 4.78 is 18.0. The SMILES string of the molecule is CCCOCCn1c(=O)c(NCCN2CC[C@H](OC)C2)nc2ncc(-c3ccc(OC)nc3)cc21. The number of hydrogen-bond acceptors (Lipinski definition) is 9. The van der Waals surface area contributed by atoms with Gasteiger partial charge in [-0.15, -0.1) is 0 Å². The number of nitrogens with zero attached hydrogens (tertiary/aromatic N) is 5. The molecule has 0 amide bonds. The van der Waals surface area contributed by atoms with Gasteiger partial charge in [0.15, 0.2) is 11.5 Å². The molecule has 1 aliphatic heterocycles. The zero-order chi connectivity index (χ0) is 24.6. The van der Waals surface area contributed by atoms with Gasteiger partial charge in [0.2, 0.25) is 5.88 Å². The fraction of sp³-hybridized carbons (Fsp3) is 0.520. The highest BCUT2D eigenvalue weighted by Crippen LogP contribution is 2.23. The van der Waals surface area contributed by atoms with Gasteiger partial charge in [-0.3, -0.25) is 14.3 Å². The molecule has 1 fully saturated rings. The molecular formula is C25H34N6O4. The maximum Gasteiger partial charge on any atom is 0.293 e. The van der Waals surface area contributed by atoms with Crippen molar-refractivity contribution in [1.29, 1.82) is 0 Å². The zero-order valence-corrected chi connectivity index (χ0v) is 20.7. The van der Waals surface area contributed by atoms with E-state index in [-0.39, 0.29) is 11.7 Å². The molecule has 0 unspecified atom stereocenters. The Bertz CT molecular complexity index is 1170. The van der Waals surface area contributed by atoms with Gasteiger partial charge in [0.1, 0.15) is 0 Å². The van der Waals surface area contributed by atoms with Crippen molar-refractivity contribution in [3.8, 4) is 17.0 Å². The lowest BCUT2D eigenvalue weighted by Crippen LogP contribution is -2.32. The summed E-state index contributed by atoms with van der Waals surface area (Å²) in [7, 11) is 3.33. The first-order chi connectivity index (χ1) is 17.1. The quantitative estimate of drug-likeness (QED) is 0.390. The van der Waals surface area contributed by atoms with Crippen LogP contribution in [0.4, 0.5) is 5.82 Å². The number of nitrogens with one attached hydrogen (secondary N) is 1. The number of likely N-dealkylation sites (tertiary alicyclic amines) is 1. The van der Waals surface area contributed by atoms with Crippen molar-refractivity contribution in [2.24, 2.45) is 0 Å². The van der Waals surface area contributed by atoms with Crippen molar-refractivity contribution in [1.82, 2.24) is 24.4 Å². The maximum atomic E-state index is 13.4. The van der Waals surface area contributed by atoms with Crippen molar-refractivity contribution in [2.75, 3.05) is 58.9 Å². The summed E-state index contributed by atoms with van der Waals surface area (Å²) in [5, 5.41) is 3.23. The van der Waals surface area contributed by atoms with Crippen molar-refractivity contribution >= 4 is 17.0 Å². The van der Waals surface area contributed by atoms with Gasteiger partial charge < -0.3 is 19.5 Å². The lowest BCUT2D eigenvalue weighted by molar-refractivity contribution is 0.108. The van der Waals surface area contributed by atoms with Crippen LogP contribution in [-0.2, 0) is 16.0 Å². The molecule has 10 heteroatoms. The highest BCUT2D eigenvalue weighted by atomic mass is 16.5. The topological polar surface area (TPSA) is 104 Å². The maximum absolute atomic E-state index is 13.4. The van der Waals surface area contributed by atoms with Crippen LogP contribution < -0.4 is 15.6 Å². The van der Waals surface area contributed by atoms with E-state index in [4.69, 9.17) is 14.2 Å². The molecule has 35 heavy (non-hydrogen) atoms. The van der Waals surface area contributed by atoms with Crippen LogP contribution in [0.15, 0.2) is 35.4 Å². The smallest absolute Gasteiger partial charge is 0.293 e. The number of anilines is 1. The Morgan fingerprint density at radius 1 is 1.11 bits per heavy atom. The van der Waals surface area contributed by atoms with Gasteiger partial charge in [-0.2, -0.15) is 0 Å². The summed E-state index contributed by atoms with van der Waals surface area (Å²) in [4.78, 5) is 29.1. The minimum absolute atomic E-state index is 0.180. The van der Waals surface area contributed by atoms with Crippen LogP contribution in [0.25, 0.3) is 22.3 Å². The summed E-state index contributed by atoms with van der Waals surface area (Å²) in [5.41, 5.74) is 2.72. The summed E-state index contributed by atoms with van der Waals surface area (Å²) in [6, 6.07) is 5.64. The van der Waals surface area contributed by atoms with E-state index >= 15 is 0 Å². The number of ether oxygens (including phenoxy) is 3. The van der Waals surface area contributed by atoms with E-state index in [1.54, 1.807) is 37.2 Å². The summed E-state index contributed by atoms with van der Waals surface area (Å²) >= 11 is 0. The predicted octanol–water partition coefficient (Wildman–Crippen LogP) is 2.42. The Morgan fingerprint density at radius 3 is 2.69 bits per heavy atom. The van der Waals surface area contributed by atoms with E-state index in [0.717, 1.165) is 43.6 Å². The monoisotopic (exact) mass is 482 g/mol. The van der Waals surface area contributed by atoms with Gasteiger partial charge in [0, 0.05) is 76.0 Å². The minimum Gasteiger partial charge on any atom is -0.481 e. The molecule has 4 heterocycles. The van der Waals surface area contributed by atoms with Crippen LogP contribution in [-0.4, -0.2) is 84.1 Å². The summed E-state index contributed by atoms with van der Waals surface area (Å²) in [5.74, 6) is 0.846. The van der Waals surface area contributed by atoms with Gasteiger partial charge >= 0.3 is 0 Å². The average molecular weight is 483 g/mol. The second-order valence-electron chi connectivity index (χ2n) is 8.56. The molecule has 1 aliphatic rings. The number of hydrogen-bond donors (Lipinski definition) is 1. The molecule has 188 valence electrons. The third-order valence-electron chi connectivity index (χ3n) is 6.17. The normalized spacial score (nSPS) is 16.1. The Hall–Kier alpha value is -3.08. The first kappa shape index (κ1) is 25.0. The van der Waals surface area contributed by atoms with Crippen LogP contribution >= 0.6 is 0 Å². The van der Waals surface area contributed by atoms with E-state index in [0.29, 0.717) is 49.2 Å². The van der Waals surface area contributed by atoms with Gasteiger partial charge in [-0.05, 0) is 25.0 Å². The Kier molecular flexibility index (Phi) is 8.62. The molecule has 4 rings (SSSR count). The third kappa shape index (κ3) is 6.14. The van der Waals surface area contributed by atoms with Gasteiger partial charge in [0.25, 0.3) is 5.56 Å². The first-order valence-electron chi connectivity index (χ1n) is 12.1. The average Bonchev–Trinajstić information content (AvgIpc) is 3.36. The van der Waals surface area contributed by atoms with Crippen LogP contribution in [0, 0.1) is 0 Å². The molecular weight excluding hydrogens is 448 g/mol. The lowest BCUT2D eigenvalue weighted by Gasteiger charge is -2.17. The molecule has 0 spiro atoms. The molecule has 1 atom stereocenters. The molecule has 10 nitrogen and oxygen atoms in total. The van der Waals surface area contributed by atoms with Gasteiger partial charge in [0.05, 0.1) is 25.3 Å². The second kappa shape index (κ2) is 12.1. The number of methoxy groups -OCH3 is 2.